The molecule has 23 heavy (non-hydrogen) atoms. The molecule has 1 aromatic rings. The molecule has 0 fully saturated rings. The molecular weight excluding hydrogens is 302 g/mol. The van der Waals surface area contributed by atoms with Gasteiger partial charge in [-0.25, -0.2) is 9.59 Å². The molecule has 1 rings (SSSR count). The zero-order valence-corrected chi connectivity index (χ0v) is 13.6. The molecule has 0 aliphatic heterocycles. The molecule has 0 aliphatic rings. The van der Waals surface area contributed by atoms with Crippen LogP contribution in [0, 0.1) is 0 Å². The summed E-state index contributed by atoms with van der Waals surface area (Å²) in [4.78, 5) is 35.1. The standard InChI is InChI=1S/C16H21NO6/c1-16(2,3)23-15(20)13(22-12(18)9-17)10-5-7-11(8-6-10)14(19)21-4/h5-8,13H,9,17H2,1-4H3/t13-/m1/s1. The molecule has 2 N–H and O–H groups in total. The van der Waals surface area contributed by atoms with Gasteiger partial charge in [0.2, 0.25) is 6.10 Å². The van der Waals surface area contributed by atoms with Crippen LogP contribution in [0.25, 0.3) is 0 Å². The predicted molar refractivity (Wildman–Crippen MR) is 81.5 cm³/mol. The van der Waals surface area contributed by atoms with Crippen molar-refractivity contribution in [1.82, 2.24) is 0 Å². The second-order valence-electron chi connectivity index (χ2n) is 5.72. The predicted octanol–water partition coefficient (Wildman–Crippen LogP) is 1.36. The van der Waals surface area contributed by atoms with E-state index in [1.807, 2.05) is 0 Å². The summed E-state index contributed by atoms with van der Waals surface area (Å²) in [5.41, 5.74) is 5.16. The van der Waals surface area contributed by atoms with Gasteiger partial charge in [-0.15, -0.1) is 0 Å². The molecular formula is C16H21NO6. The van der Waals surface area contributed by atoms with E-state index in [0.29, 0.717) is 11.1 Å². The van der Waals surface area contributed by atoms with Crippen LogP contribution in [-0.4, -0.2) is 37.2 Å². The quantitative estimate of drug-likeness (QED) is 0.644. The summed E-state index contributed by atoms with van der Waals surface area (Å²) in [6.07, 6.45) is -1.25. The highest BCUT2D eigenvalue weighted by Gasteiger charge is 2.30. The van der Waals surface area contributed by atoms with Gasteiger partial charge in [0, 0.05) is 5.56 Å². The Labute approximate surface area is 134 Å². The highest BCUT2D eigenvalue weighted by Crippen LogP contribution is 2.23. The minimum atomic E-state index is -1.25. The Morgan fingerprint density at radius 2 is 1.70 bits per heavy atom. The Morgan fingerprint density at radius 3 is 2.13 bits per heavy atom. The maximum Gasteiger partial charge on any atom is 0.352 e. The van der Waals surface area contributed by atoms with E-state index in [1.165, 1.54) is 31.4 Å². The molecule has 0 bridgehead atoms. The molecule has 0 unspecified atom stereocenters. The number of ether oxygens (including phenoxy) is 3. The minimum absolute atomic E-state index is 0.310. The highest BCUT2D eigenvalue weighted by molar-refractivity contribution is 5.89. The molecule has 1 aromatic carbocycles. The number of hydrogen-bond acceptors (Lipinski definition) is 7. The van der Waals surface area contributed by atoms with Gasteiger partial charge >= 0.3 is 17.9 Å². The second-order valence-corrected chi connectivity index (χ2v) is 5.72. The molecule has 0 saturated carbocycles. The fourth-order valence-electron chi connectivity index (χ4n) is 1.70. The van der Waals surface area contributed by atoms with E-state index in [4.69, 9.17) is 15.2 Å². The number of esters is 3. The Kier molecular flexibility index (Phi) is 6.27. The van der Waals surface area contributed by atoms with E-state index in [2.05, 4.69) is 4.74 Å². The molecule has 1 atom stereocenters. The number of benzene rings is 1. The lowest BCUT2D eigenvalue weighted by Gasteiger charge is -2.24. The summed E-state index contributed by atoms with van der Waals surface area (Å²) in [5.74, 6) is -1.97. The van der Waals surface area contributed by atoms with Crippen LogP contribution in [0.2, 0.25) is 0 Å². The van der Waals surface area contributed by atoms with Crippen molar-refractivity contribution in [2.24, 2.45) is 5.73 Å². The van der Waals surface area contributed by atoms with Crippen molar-refractivity contribution in [1.29, 1.82) is 0 Å². The lowest BCUT2D eigenvalue weighted by molar-refractivity contribution is -0.175. The number of hydrogen-bond donors (Lipinski definition) is 1. The first kappa shape index (κ1) is 18.6. The third-order valence-electron chi connectivity index (χ3n) is 2.67. The van der Waals surface area contributed by atoms with E-state index in [1.54, 1.807) is 20.8 Å². The summed E-state index contributed by atoms with van der Waals surface area (Å²) < 4.78 is 14.9. The van der Waals surface area contributed by atoms with Crippen LogP contribution in [0.3, 0.4) is 0 Å². The average Bonchev–Trinajstić information content (AvgIpc) is 2.50. The molecule has 7 heteroatoms. The fraction of sp³-hybridized carbons (Fsp3) is 0.438. The molecule has 0 saturated heterocycles. The van der Waals surface area contributed by atoms with E-state index in [-0.39, 0.29) is 6.54 Å². The van der Waals surface area contributed by atoms with Gasteiger partial charge in [-0.1, -0.05) is 12.1 Å². The number of nitrogens with two attached hydrogens (primary N) is 1. The van der Waals surface area contributed by atoms with Crippen LogP contribution in [0.1, 0.15) is 42.8 Å². The van der Waals surface area contributed by atoms with Crippen molar-refractivity contribution >= 4 is 17.9 Å². The first-order valence-corrected chi connectivity index (χ1v) is 6.98. The molecule has 0 radical (unpaired) electrons. The fourth-order valence-corrected chi connectivity index (χ4v) is 1.70. The minimum Gasteiger partial charge on any atom is -0.465 e. The normalized spacial score (nSPS) is 12.2. The number of carbonyl (C=O) groups is 3. The number of rotatable bonds is 5. The molecule has 126 valence electrons. The van der Waals surface area contributed by atoms with Gasteiger partial charge < -0.3 is 19.9 Å². The van der Waals surface area contributed by atoms with Crippen LogP contribution in [-0.2, 0) is 23.8 Å². The third-order valence-corrected chi connectivity index (χ3v) is 2.67. The Hall–Kier alpha value is -2.41. The molecule has 0 heterocycles. The average molecular weight is 323 g/mol. The Bertz CT molecular complexity index is 573. The monoisotopic (exact) mass is 323 g/mol. The first-order chi connectivity index (χ1) is 10.7. The smallest absolute Gasteiger partial charge is 0.352 e. The maximum absolute atomic E-state index is 12.3. The number of carbonyl (C=O) groups excluding carboxylic acids is 3. The SMILES string of the molecule is COC(=O)c1ccc([C@@H](OC(=O)CN)C(=O)OC(C)(C)C)cc1. The lowest BCUT2D eigenvalue weighted by atomic mass is 10.1. The van der Waals surface area contributed by atoms with Gasteiger partial charge in [0.25, 0.3) is 0 Å². The maximum atomic E-state index is 12.3. The van der Waals surface area contributed by atoms with Crippen molar-refractivity contribution in [2.75, 3.05) is 13.7 Å². The van der Waals surface area contributed by atoms with E-state index >= 15 is 0 Å². The largest absolute Gasteiger partial charge is 0.465 e. The van der Waals surface area contributed by atoms with Crippen molar-refractivity contribution < 1.29 is 28.6 Å². The summed E-state index contributed by atoms with van der Waals surface area (Å²) in [7, 11) is 1.27. The molecule has 0 aliphatic carbocycles. The van der Waals surface area contributed by atoms with Gasteiger partial charge in [-0.3, -0.25) is 4.79 Å². The Balaban J connectivity index is 3.06. The van der Waals surface area contributed by atoms with Gasteiger partial charge in [0.1, 0.15) is 5.60 Å². The lowest BCUT2D eigenvalue weighted by Crippen LogP contribution is -2.31. The zero-order chi connectivity index (χ0) is 17.6. The second kappa shape index (κ2) is 7.73. The first-order valence-electron chi connectivity index (χ1n) is 6.98. The van der Waals surface area contributed by atoms with Crippen LogP contribution in [0.5, 0.6) is 0 Å². The van der Waals surface area contributed by atoms with Crippen LogP contribution in [0.15, 0.2) is 24.3 Å². The third kappa shape index (κ3) is 5.71. The summed E-state index contributed by atoms with van der Waals surface area (Å²) in [5, 5.41) is 0. The van der Waals surface area contributed by atoms with Gasteiger partial charge in [-0.05, 0) is 32.9 Å². The molecule has 7 nitrogen and oxygen atoms in total. The summed E-state index contributed by atoms with van der Waals surface area (Å²) >= 11 is 0. The molecule has 0 amide bonds. The van der Waals surface area contributed by atoms with Gasteiger partial charge in [0.15, 0.2) is 0 Å². The van der Waals surface area contributed by atoms with Crippen LogP contribution >= 0.6 is 0 Å². The Morgan fingerprint density at radius 1 is 1.13 bits per heavy atom. The molecule has 0 spiro atoms. The van der Waals surface area contributed by atoms with Crippen LogP contribution < -0.4 is 5.73 Å². The zero-order valence-electron chi connectivity index (χ0n) is 13.6. The van der Waals surface area contributed by atoms with Crippen molar-refractivity contribution in [3.63, 3.8) is 0 Å². The van der Waals surface area contributed by atoms with Gasteiger partial charge in [0.05, 0.1) is 19.2 Å². The summed E-state index contributed by atoms with van der Waals surface area (Å²) in [6.45, 7) is 4.74. The van der Waals surface area contributed by atoms with Crippen molar-refractivity contribution in [3.8, 4) is 0 Å². The van der Waals surface area contributed by atoms with E-state index in [9.17, 15) is 14.4 Å². The highest BCUT2D eigenvalue weighted by atomic mass is 16.6. The van der Waals surface area contributed by atoms with Crippen molar-refractivity contribution in [3.05, 3.63) is 35.4 Å². The number of methoxy groups -OCH3 is 1. The topological polar surface area (TPSA) is 105 Å². The van der Waals surface area contributed by atoms with Crippen LogP contribution in [0.4, 0.5) is 0 Å². The molecule has 0 aromatic heterocycles. The summed E-state index contributed by atoms with van der Waals surface area (Å²) in [6, 6.07) is 5.92. The van der Waals surface area contributed by atoms with E-state index < -0.39 is 29.6 Å². The van der Waals surface area contributed by atoms with E-state index in [0.717, 1.165) is 0 Å². The van der Waals surface area contributed by atoms with Crippen molar-refractivity contribution in [2.45, 2.75) is 32.5 Å². The van der Waals surface area contributed by atoms with Gasteiger partial charge in [-0.2, -0.15) is 0 Å².